The molecule has 0 spiro atoms. The van der Waals surface area contributed by atoms with Crippen LogP contribution >= 0.6 is 23.4 Å². The second-order valence-electron chi connectivity index (χ2n) is 3.85. The van der Waals surface area contributed by atoms with Crippen molar-refractivity contribution in [1.29, 1.82) is 0 Å². The van der Waals surface area contributed by atoms with Crippen LogP contribution < -0.4 is 5.32 Å². The zero-order chi connectivity index (χ0) is 13.2. The molecule has 1 aromatic rings. The molecular formula is C13H18ClNO2S. The predicted octanol–water partition coefficient (Wildman–Crippen LogP) is 2.11. The van der Waals surface area contributed by atoms with E-state index >= 15 is 0 Å². The first kappa shape index (κ1) is 15.3. The van der Waals surface area contributed by atoms with Crippen molar-refractivity contribution < 1.29 is 9.90 Å². The molecular weight excluding hydrogens is 270 g/mol. The average molecular weight is 288 g/mol. The fourth-order valence-corrected chi connectivity index (χ4v) is 2.42. The molecule has 0 aromatic heterocycles. The molecule has 3 nitrogen and oxygen atoms in total. The van der Waals surface area contributed by atoms with Gasteiger partial charge in [-0.2, -0.15) is 11.8 Å². The number of hydrogen-bond donors (Lipinski definition) is 2. The molecule has 0 aliphatic rings. The highest BCUT2D eigenvalue weighted by molar-refractivity contribution is 7.99. The van der Waals surface area contributed by atoms with E-state index in [1.807, 2.05) is 12.1 Å². The minimum atomic E-state index is 0.0139. The topological polar surface area (TPSA) is 49.3 Å². The summed E-state index contributed by atoms with van der Waals surface area (Å²) in [4.78, 5) is 11.6. The molecule has 0 unspecified atom stereocenters. The molecule has 0 aliphatic heterocycles. The van der Waals surface area contributed by atoms with Crippen LogP contribution in [0.1, 0.15) is 12.0 Å². The molecule has 1 amide bonds. The summed E-state index contributed by atoms with van der Waals surface area (Å²) in [6, 6.07) is 7.33. The number of nitrogens with one attached hydrogen (secondary N) is 1. The standard InChI is InChI=1S/C13H18ClNO2S/c14-12-4-1-3-11(9-12)10-13(17)15-5-8-18-7-2-6-16/h1,3-4,9,16H,2,5-8,10H2,(H,15,17). The Morgan fingerprint density at radius 2 is 2.22 bits per heavy atom. The lowest BCUT2D eigenvalue weighted by molar-refractivity contribution is -0.120. The van der Waals surface area contributed by atoms with Crippen molar-refractivity contribution in [2.24, 2.45) is 0 Å². The van der Waals surface area contributed by atoms with Gasteiger partial charge in [-0.1, -0.05) is 23.7 Å². The smallest absolute Gasteiger partial charge is 0.224 e. The van der Waals surface area contributed by atoms with E-state index in [0.29, 0.717) is 18.0 Å². The normalized spacial score (nSPS) is 10.3. The Balaban J connectivity index is 2.14. The summed E-state index contributed by atoms with van der Waals surface area (Å²) in [5.74, 6) is 1.82. The van der Waals surface area contributed by atoms with Crippen LogP contribution in [0.4, 0.5) is 0 Å². The first-order valence-electron chi connectivity index (χ1n) is 5.92. The van der Waals surface area contributed by atoms with Crippen LogP contribution in [-0.2, 0) is 11.2 Å². The fourth-order valence-electron chi connectivity index (χ4n) is 1.43. The van der Waals surface area contributed by atoms with Gasteiger partial charge in [-0.15, -0.1) is 0 Å². The number of thioether (sulfide) groups is 1. The molecule has 1 rings (SSSR count). The van der Waals surface area contributed by atoms with Crippen molar-refractivity contribution in [3.63, 3.8) is 0 Å². The summed E-state index contributed by atoms with van der Waals surface area (Å²) in [6.07, 6.45) is 1.17. The molecule has 0 heterocycles. The number of amides is 1. The number of benzene rings is 1. The van der Waals surface area contributed by atoms with E-state index in [1.54, 1.807) is 23.9 Å². The summed E-state index contributed by atoms with van der Waals surface area (Å²) >= 11 is 7.58. The number of halogens is 1. The molecule has 1 aromatic carbocycles. The Morgan fingerprint density at radius 3 is 2.94 bits per heavy atom. The lowest BCUT2D eigenvalue weighted by Crippen LogP contribution is -2.27. The molecule has 0 aliphatic carbocycles. The lowest BCUT2D eigenvalue weighted by atomic mass is 10.1. The van der Waals surface area contributed by atoms with Crippen molar-refractivity contribution in [3.05, 3.63) is 34.9 Å². The summed E-state index contributed by atoms with van der Waals surface area (Å²) in [5.41, 5.74) is 0.924. The van der Waals surface area contributed by atoms with E-state index < -0.39 is 0 Å². The zero-order valence-corrected chi connectivity index (χ0v) is 11.8. The van der Waals surface area contributed by atoms with Crippen molar-refractivity contribution >= 4 is 29.3 Å². The number of rotatable bonds is 8. The number of aliphatic hydroxyl groups is 1. The van der Waals surface area contributed by atoms with Gasteiger partial charge in [0.2, 0.25) is 5.91 Å². The maximum Gasteiger partial charge on any atom is 0.224 e. The predicted molar refractivity (Wildman–Crippen MR) is 77.2 cm³/mol. The van der Waals surface area contributed by atoms with E-state index in [9.17, 15) is 4.79 Å². The van der Waals surface area contributed by atoms with Crippen LogP contribution in [0.5, 0.6) is 0 Å². The number of carbonyl (C=O) groups excluding carboxylic acids is 1. The van der Waals surface area contributed by atoms with Crippen LogP contribution in [0, 0.1) is 0 Å². The van der Waals surface area contributed by atoms with Gasteiger partial charge in [0.05, 0.1) is 6.42 Å². The maximum atomic E-state index is 11.6. The summed E-state index contributed by atoms with van der Waals surface area (Å²) < 4.78 is 0. The summed E-state index contributed by atoms with van der Waals surface area (Å²) in [5, 5.41) is 12.1. The third-order valence-corrected chi connectivity index (χ3v) is 3.57. The highest BCUT2D eigenvalue weighted by atomic mass is 35.5. The van der Waals surface area contributed by atoms with E-state index in [1.165, 1.54) is 0 Å². The molecule has 0 saturated carbocycles. The third-order valence-electron chi connectivity index (χ3n) is 2.27. The van der Waals surface area contributed by atoms with Gasteiger partial charge in [-0.25, -0.2) is 0 Å². The van der Waals surface area contributed by atoms with Crippen molar-refractivity contribution in [1.82, 2.24) is 5.32 Å². The lowest BCUT2D eigenvalue weighted by Gasteiger charge is -2.05. The van der Waals surface area contributed by atoms with Gasteiger partial charge in [-0.05, 0) is 29.9 Å². The Labute approximate surface area is 117 Å². The molecule has 0 saturated heterocycles. The number of hydrogen-bond acceptors (Lipinski definition) is 3. The largest absolute Gasteiger partial charge is 0.396 e. The highest BCUT2D eigenvalue weighted by Gasteiger charge is 2.02. The van der Waals surface area contributed by atoms with Crippen LogP contribution in [0.2, 0.25) is 5.02 Å². The molecule has 0 fully saturated rings. The van der Waals surface area contributed by atoms with Gasteiger partial charge in [-0.3, -0.25) is 4.79 Å². The van der Waals surface area contributed by atoms with E-state index in [0.717, 1.165) is 23.5 Å². The van der Waals surface area contributed by atoms with Gasteiger partial charge in [0.1, 0.15) is 0 Å². The number of carbonyl (C=O) groups is 1. The molecule has 18 heavy (non-hydrogen) atoms. The first-order chi connectivity index (χ1) is 8.72. The molecule has 0 bridgehead atoms. The van der Waals surface area contributed by atoms with Crippen LogP contribution in [0.25, 0.3) is 0 Å². The second kappa shape index (κ2) is 9.25. The quantitative estimate of drug-likeness (QED) is 0.720. The molecule has 5 heteroatoms. The molecule has 2 N–H and O–H groups in total. The molecule has 0 atom stereocenters. The Morgan fingerprint density at radius 1 is 1.39 bits per heavy atom. The maximum absolute atomic E-state index is 11.6. The monoisotopic (exact) mass is 287 g/mol. The van der Waals surface area contributed by atoms with Gasteiger partial charge >= 0.3 is 0 Å². The van der Waals surface area contributed by atoms with Gasteiger partial charge < -0.3 is 10.4 Å². The van der Waals surface area contributed by atoms with E-state index in [-0.39, 0.29) is 12.5 Å². The highest BCUT2D eigenvalue weighted by Crippen LogP contribution is 2.10. The average Bonchev–Trinajstić information content (AvgIpc) is 2.33. The minimum Gasteiger partial charge on any atom is -0.396 e. The van der Waals surface area contributed by atoms with Gasteiger partial charge in [0, 0.05) is 23.9 Å². The minimum absolute atomic E-state index is 0.0139. The Hall–Kier alpha value is -0.710. The Bertz CT molecular complexity index is 374. The van der Waals surface area contributed by atoms with Crippen molar-refractivity contribution in [2.45, 2.75) is 12.8 Å². The van der Waals surface area contributed by atoms with E-state index in [2.05, 4.69) is 5.32 Å². The van der Waals surface area contributed by atoms with Gasteiger partial charge in [0.25, 0.3) is 0 Å². The van der Waals surface area contributed by atoms with Crippen LogP contribution in [0.15, 0.2) is 24.3 Å². The fraction of sp³-hybridized carbons (Fsp3) is 0.462. The molecule has 100 valence electrons. The second-order valence-corrected chi connectivity index (χ2v) is 5.51. The van der Waals surface area contributed by atoms with Crippen LogP contribution in [-0.4, -0.2) is 35.7 Å². The van der Waals surface area contributed by atoms with Gasteiger partial charge in [0.15, 0.2) is 0 Å². The van der Waals surface area contributed by atoms with Crippen LogP contribution in [0.3, 0.4) is 0 Å². The number of aliphatic hydroxyl groups excluding tert-OH is 1. The zero-order valence-electron chi connectivity index (χ0n) is 10.2. The van der Waals surface area contributed by atoms with Crippen molar-refractivity contribution in [3.8, 4) is 0 Å². The molecule has 0 radical (unpaired) electrons. The SMILES string of the molecule is O=C(Cc1cccc(Cl)c1)NCCSCCCO. The van der Waals surface area contributed by atoms with Crippen molar-refractivity contribution in [2.75, 3.05) is 24.7 Å². The summed E-state index contributed by atoms with van der Waals surface area (Å²) in [7, 11) is 0. The van der Waals surface area contributed by atoms with E-state index in [4.69, 9.17) is 16.7 Å². The first-order valence-corrected chi connectivity index (χ1v) is 7.45. The summed E-state index contributed by atoms with van der Waals surface area (Å²) in [6.45, 7) is 0.892. The third kappa shape index (κ3) is 6.89. The Kier molecular flexibility index (Phi) is 7.89.